The zero-order chi connectivity index (χ0) is 59.9. The molecule has 0 heterocycles. The maximum Gasteiger partial charge on any atom is 0.306 e. The fourth-order valence-corrected chi connectivity index (χ4v) is 9.77. The monoisotopic (exact) mass is 1150 g/mol. The fraction of sp³-hybridized carbons (Fsp3) is 0.701. The molecule has 474 valence electrons. The van der Waals surface area contributed by atoms with Gasteiger partial charge in [0.2, 0.25) is 0 Å². The van der Waals surface area contributed by atoms with E-state index >= 15 is 0 Å². The highest BCUT2D eigenvalue weighted by Gasteiger charge is 2.19. The number of carbonyl (C=O) groups excluding carboxylic acids is 3. The predicted octanol–water partition coefficient (Wildman–Crippen LogP) is 24.3. The maximum atomic E-state index is 12.9. The summed E-state index contributed by atoms with van der Waals surface area (Å²) in [5, 5.41) is 0. The first-order valence-corrected chi connectivity index (χ1v) is 35.0. The molecule has 0 aromatic rings. The van der Waals surface area contributed by atoms with Crippen LogP contribution in [0.2, 0.25) is 0 Å². The molecule has 0 spiro atoms. The molecule has 0 fully saturated rings. The van der Waals surface area contributed by atoms with Crippen LogP contribution in [0, 0.1) is 0 Å². The Bertz CT molecular complexity index is 1700. The third-order valence-electron chi connectivity index (χ3n) is 14.9. The number of unbranched alkanes of at least 4 members (excludes halogenated alkanes) is 32. The van der Waals surface area contributed by atoms with Crippen molar-refractivity contribution >= 4 is 17.9 Å². The quantitative estimate of drug-likeness (QED) is 0.0261. The van der Waals surface area contributed by atoms with E-state index in [1.54, 1.807) is 0 Å². The molecular formula is C77H130O6. The lowest BCUT2D eigenvalue weighted by atomic mass is 10.0. The van der Waals surface area contributed by atoms with Crippen molar-refractivity contribution < 1.29 is 28.6 Å². The van der Waals surface area contributed by atoms with Gasteiger partial charge in [-0.05, 0) is 116 Å². The van der Waals surface area contributed by atoms with Crippen LogP contribution in [0.3, 0.4) is 0 Å². The second kappa shape index (κ2) is 70.3. The second-order valence-corrected chi connectivity index (χ2v) is 23.0. The molecule has 6 heteroatoms. The van der Waals surface area contributed by atoms with Crippen LogP contribution in [0.5, 0.6) is 0 Å². The molecule has 1 atom stereocenters. The van der Waals surface area contributed by atoms with Gasteiger partial charge in [-0.3, -0.25) is 14.4 Å². The van der Waals surface area contributed by atoms with Crippen molar-refractivity contribution in [3.05, 3.63) is 122 Å². The summed E-state index contributed by atoms with van der Waals surface area (Å²) in [4.78, 5) is 38.4. The zero-order valence-electron chi connectivity index (χ0n) is 54.4. The van der Waals surface area contributed by atoms with Crippen molar-refractivity contribution in [1.82, 2.24) is 0 Å². The van der Waals surface area contributed by atoms with Crippen molar-refractivity contribution in [2.75, 3.05) is 13.2 Å². The average Bonchev–Trinajstić information content (AvgIpc) is 3.49. The zero-order valence-corrected chi connectivity index (χ0v) is 54.4. The Morgan fingerprint density at radius 1 is 0.253 bits per heavy atom. The Kier molecular flexibility index (Phi) is 66.7. The van der Waals surface area contributed by atoms with Gasteiger partial charge in [-0.15, -0.1) is 0 Å². The summed E-state index contributed by atoms with van der Waals surface area (Å²) in [7, 11) is 0. The summed E-state index contributed by atoms with van der Waals surface area (Å²) >= 11 is 0. The molecule has 0 saturated carbocycles. The number of hydrogen-bond acceptors (Lipinski definition) is 6. The lowest BCUT2D eigenvalue weighted by Crippen LogP contribution is -2.30. The molecule has 0 aliphatic carbocycles. The standard InChI is InChI=1S/C77H130O6/c1-4-7-10-13-16-19-22-25-27-29-31-33-35-36-37-38-39-40-42-43-45-47-49-52-55-58-61-64-67-70-76(79)82-73-74(72-81-75(78)69-66-63-60-57-54-51-24-21-18-15-12-9-6-3)83-77(80)71-68-65-62-59-56-53-50-48-46-44-41-34-32-30-28-26-23-20-17-14-11-8-5-2/h7,9-10,12,16,18-19,21,23,25-27,30-33,51,54,60,63,74H,4-6,8,11,13-15,17,20,22,24,28-29,34-50,52-53,55-59,61-62,64-73H2,1-3H3/b10-7-,12-9-,19-16-,21-18-,26-23-,27-25-,32-30-,33-31-,54-51-,63-60-. The highest BCUT2D eigenvalue weighted by molar-refractivity contribution is 5.71. The van der Waals surface area contributed by atoms with E-state index in [4.69, 9.17) is 14.2 Å². The first-order chi connectivity index (χ1) is 41.0. The molecule has 1 unspecified atom stereocenters. The SMILES string of the molecule is CC/C=C\C/C=C\C/C=C\C/C=C\CCCCCCCCCCCCCCCCCCC(=O)OCC(COC(=O)CC/C=C\C/C=C\C/C=C\C/C=C\CC)OC(=O)CCCCCCCCCCCCC/C=C\C/C=C\CCCCCCC. The Labute approximate surface area is 513 Å². The van der Waals surface area contributed by atoms with E-state index in [1.165, 1.54) is 186 Å². The number of ether oxygens (including phenoxy) is 3. The lowest BCUT2D eigenvalue weighted by Gasteiger charge is -2.18. The summed E-state index contributed by atoms with van der Waals surface area (Å²) in [6.45, 7) is 6.37. The third-order valence-corrected chi connectivity index (χ3v) is 14.9. The van der Waals surface area contributed by atoms with E-state index in [2.05, 4.69) is 136 Å². The minimum atomic E-state index is -0.811. The molecule has 0 amide bonds. The van der Waals surface area contributed by atoms with Gasteiger partial charge in [-0.1, -0.05) is 316 Å². The van der Waals surface area contributed by atoms with Crippen LogP contribution in [0.15, 0.2) is 122 Å². The van der Waals surface area contributed by atoms with Crippen molar-refractivity contribution in [3.63, 3.8) is 0 Å². The number of carbonyl (C=O) groups is 3. The van der Waals surface area contributed by atoms with Crippen LogP contribution >= 0.6 is 0 Å². The van der Waals surface area contributed by atoms with E-state index in [9.17, 15) is 14.4 Å². The maximum absolute atomic E-state index is 12.9. The number of rotatable bonds is 63. The first-order valence-electron chi connectivity index (χ1n) is 35.0. The molecule has 83 heavy (non-hydrogen) atoms. The molecule has 0 N–H and O–H groups in total. The van der Waals surface area contributed by atoms with Crippen molar-refractivity contribution in [2.24, 2.45) is 0 Å². The summed E-state index contributed by atoms with van der Waals surface area (Å²) in [5.74, 6) is -0.977. The van der Waals surface area contributed by atoms with Crippen molar-refractivity contribution in [2.45, 2.75) is 335 Å². The normalized spacial score (nSPS) is 12.9. The fourth-order valence-electron chi connectivity index (χ4n) is 9.77. The van der Waals surface area contributed by atoms with Gasteiger partial charge in [0.15, 0.2) is 6.10 Å². The minimum Gasteiger partial charge on any atom is -0.462 e. The van der Waals surface area contributed by atoms with Gasteiger partial charge in [-0.25, -0.2) is 0 Å². The molecule has 0 aliphatic heterocycles. The van der Waals surface area contributed by atoms with Crippen molar-refractivity contribution in [3.8, 4) is 0 Å². The average molecular weight is 1150 g/mol. The topological polar surface area (TPSA) is 78.9 Å². The van der Waals surface area contributed by atoms with E-state index in [0.29, 0.717) is 19.3 Å². The van der Waals surface area contributed by atoms with E-state index < -0.39 is 6.10 Å². The van der Waals surface area contributed by atoms with Gasteiger partial charge in [0.1, 0.15) is 13.2 Å². The van der Waals surface area contributed by atoms with Gasteiger partial charge in [0.25, 0.3) is 0 Å². The lowest BCUT2D eigenvalue weighted by molar-refractivity contribution is -0.166. The second-order valence-electron chi connectivity index (χ2n) is 23.0. The van der Waals surface area contributed by atoms with Crippen LogP contribution in [-0.4, -0.2) is 37.2 Å². The molecule has 0 aliphatic rings. The Morgan fingerprint density at radius 3 is 0.807 bits per heavy atom. The van der Waals surface area contributed by atoms with Crippen LogP contribution in [0.4, 0.5) is 0 Å². The molecule has 0 rings (SSSR count). The van der Waals surface area contributed by atoms with Gasteiger partial charge in [0.05, 0.1) is 0 Å². The van der Waals surface area contributed by atoms with Crippen LogP contribution in [-0.2, 0) is 28.6 Å². The molecule has 6 nitrogen and oxygen atoms in total. The first kappa shape index (κ1) is 78.8. The number of esters is 3. The van der Waals surface area contributed by atoms with Gasteiger partial charge in [0, 0.05) is 19.3 Å². The van der Waals surface area contributed by atoms with Crippen molar-refractivity contribution in [1.29, 1.82) is 0 Å². The highest BCUT2D eigenvalue weighted by Crippen LogP contribution is 2.17. The van der Waals surface area contributed by atoms with E-state index in [1.807, 2.05) is 6.08 Å². The smallest absolute Gasteiger partial charge is 0.306 e. The predicted molar refractivity (Wildman–Crippen MR) is 362 cm³/mol. The Balaban J connectivity index is 4.29. The number of allylic oxidation sites excluding steroid dienone is 20. The summed E-state index contributed by atoms with van der Waals surface area (Å²) in [5.41, 5.74) is 0. The van der Waals surface area contributed by atoms with Gasteiger partial charge in [-0.2, -0.15) is 0 Å². The van der Waals surface area contributed by atoms with E-state index in [0.717, 1.165) is 96.3 Å². The highest BCUT2D eigenvalue weighted by atomic mass is 16.6. The summed E-state index contributed by atoms with van der Waals surface area (Å²) < 4.78 is 16.9. The molecular weight excluding hydrogens is 1020 g/mol. The third kappa shape index (κ3) is 68.5. The summed E-state index contributed by atoms with van der Waals surface area (Å²) in [6, 6.07) is 0. The molecule has 0 aromatic heterocycles. The number of hydrogen-bond donors (Lipinski definition) is 0. The van der Waals surface area contributed by atoms with Crippen LogP contribution < -0.4 is 0 Å². The minimum absolute atomic E-state index is 0.100. The summed E-state index contributed by atoms with van der Waals surface area (Å²) in [6.07, 6.45) is 98.2. The molecule has 0 radical (unpaired) electrons. The molecule has 0 bridgehead atoms. The molecule has 0 aromatic carbocycles. The van der Waals surface area contributed by atoms with Crippen LogP contribution in [0.1, 0.15) is 329 Å². The van der Waals surface area contributed by atoms with Gasteiger partial charge >= 0.3 is 17.9 Å². The van der Waals surface area contributed by atoms with E-state index in [-0.39, 0.29) is 37.5 Å². The Hall–Kier alpha value is -4.19. The van der Waals surface area contributed by atoms with Crippen LogP contribution in [0.25, 0.3) is 0 Å². The van der Waals surface area contributed by atoms with Gasteiger partial charge < -0.3 is 14.2 Å². The Morgan fingerprint density at radius 2 is 0.494 bits per heavy atom. The largest absolute Gasteiger partial charge is 0.462 e. The molecule has 0 saturated heterocycles.